The van der Waals surface area contributed by atoms with E-state index in [-0.39, 0.29) is 18.1 Å². The van der Waals surface area contributed by atoms with Crippen LogP contribution >= 0.6 is 0 Å². The number of fused-ring (bicyclic) bond motifs is 1. The van der Waals surface area contributed by atoms with Crippen LogP contribution in [0, 0.1) is 0 Å². The Morgan fingerprint density at radius 3 is 2.48 bits per heavy atom. The number of hydrogen-bond acceptors (Lipinski definition) is 5. The van der Waals surface area contributed by atoms with Gasteiger partial charge in [-0.2, -0.15) is 0 Å². The molecule has 0 bridgehead atoms. The minimum absolute atomic E-state index is 0.0403. The number of phenolic OH excluding ortho intramolecular Hbond substituents is 1. The predicted molar refractivity (Wildman–Crippen MR) is 111 cm³/mol. The highest BCUT2D eigenvalue weighted by Gasteiger charge is 2.17. The van der Waals surface area contributed by atoms with Crippen molar-refractivity contribution >= 4 is 28.7 Å². The lowest BCUT2D eigenvalue weighted by molar-refractivity contribution is -0.138. The molecule has 0 aliphatic carbocycles. The topological polar surface area (TPSA) is 84.9 Å². The molecule has 0 atom stereocenters. The van der Waals surface area contributed by atoms with Crippen molar-refractivity contribution in [3.05, 3.63) is 77.5 Å². The quantitative estimate of drug-likeness (QED) is 0.492. The Kier molecular flexibility index (Phi) is 6.14. The molecule has 6 nitrogen and oxygen atoms in total. The molecule has 0 radical (unpaired) electrons. The fourth-order valence-corrected chi connectivity index (χ4v) is 2.87. The van der Waals surface area contributed by atoms with Crippen molar-refractivity contribution in [2.24, 2.45) is 0 Å². The summed E-state index contributed by atoms with van der Waals surface area (Å²) < 4.78 is 10.3. The normalized spacial score (nSPS) is 11.2. The first kappa shape index (κ1) is 19.9. The number of ether oxygens (including phenoxy) is 2. The van der Waals surface area contributed by atoms with Gasteiger partial charge in [0, 0.05) is 11.1 Å². The molecule has 0 saturated heterocycles. The van der Waals surface area contributed by atoms with Crippen LogP contribution in [0.4, 0.5) is 0 Å². The zero-order chi connectivity index (χ0) is 20.8. The Morgan fingerprint density at radius 1 is 1.07 bits per heavy atom. The molecular weight excluding hydrogens is 370 g/mol. The summed E-state index contributed by atoms with van der Waals surface area (Å²) in [6, 6.07) is 17.2. The number of benzene rings is 3. The summed E-state index contributed by atoms with van der Waals surface area (Å²) in [7, 11) is 1.55. The second-order valence-electron chi connectivity index (χ2n) is 6.18. The molecule has 0 aromatic heterocycles. The number of esters is 1. The van der Waals surface area contributed by atoms with E-state index in [4.69, 9.17) is 9.47 Å². The number of phenols is 1. The summed E-state index contributed by atoms with van der Waals surface area (Å²) in [5, 5.41) is 14.5. The van der Waals surface area contributed by atoms with Gasteiger partial charge in [-0.3, -0.25) is 4.79 Å². The van der Waals surface area contributed by atoms with Gasteiger partial charge in [-0.15, -0.1) is 0 Å². The Balaban J connectivity index is 2.09. The first-order valence-corrected chi connectivity index (χ1v) is 9.08. The summed E-state index contributed by atoms with van der Waals surface area (Å²) in [6.07, 6.45) is 1.41. The fourth-order valence-electron chi connectivity index (χ4n) is 2.87. The van der Waals surface area contributed by atoms with Gasteiger partial charge in [0.2, 0.25) is 0 Å². The van der Waals surface area contributed by atoms with Gasteiger partial charge in [-0.1, -0.05) is 30.3 Å². The van der Waals surface area contributed by atoms with Crippen molar-refractivity contribution in [3.63, 3.8) is 0 Å². The molecule has 148 valence electrons. The Hall–Kier alpha value is -3.80. The highest BCUT2D eigenvalue weighted by atomic mass is 16.5. The van der Waals surface area contributed by atoms with E-state index in [1.165, 1.54) is 12.1 Å². The van der Waals surface area contributed by atoms with Gasteiger partial charge < -0.3 is 19.9 Å². The predicted octanol–water partition coefficient (Wildman–Crippen LogP) is 3.89. The molecule has 0 aliphatic rings. The maximum absolute atomic E-state index is 12.6. The van der Waals surface area contributed by atoms with Crippen LogP contribution in [-0.4, -0.2) is 30.7 Å². The van der Waals surface area contributed by atoms with Crippen LogP contribution in [0.5, 0.6) is 11.5 Å². The molecule has 0 spiro atoms. The minimum Gasteiger partial charge on any atom is -0.507 e. The molecule has 3 rings (SSSR count). The van der Waals surface area contributed by atoms with E-state index in [1.54, 1.807) is 62.6 Å². The molecule has 0 aliphatic heterocycles. The Morgan fingerprint density at radius 2 is 1.79 bits per heavy atom. The molecule has 0 saturated carbocycles. The molecule has 6 heteroatoms. The summed E-state index contributed by atoms with van der Waals surface area (Å²) in [5.74, 6) is -0.594. The van der Waals surface area contributed by atoms with Crippen molar-refractivity contribution in [3.8, 4) is 11.5 Å². The van der Waals surface area contributed by atoms with Crippen LogP contribution in [0.3, 0.4) is 0 Å². The van der Waals surface area contributed by atoms with Crippen LogP contribution in [-0.2, 0) is 9.53 Å². The SMILES string of the molecule is CCOC(=O)/C(=C\c1c(O)ccc2ccc(OC)cc12)NC(=O)c1ccccc1. The highest BCUT2D eigenvalue weighted by molar-refractivity contribution is 6.05. The molecule has 0 heterocycles. The number of methoxy groups -OCH3 is 1. The third-order valence-electron chi connectivity index (χ3n) is 4.32. The average molecular weight is 391 g/mol. The highest BCUT2D eigenvalue weighted by Crippen LogP contribution is 2.31. The molecule has 0 unspecified atom stereocenters. The first-order valence-electron chi connectivity index (χ1n) is 9.08. The lowest BCUT2D eigenvalue weighted by Crippen LogP contribution is -2.28. The zero-order valence-electron chi connectivity index (χ0n) is 16.1. The first-order chi connectivity index (χ1) is 14.0. The number of aromatic hydroxyl groups is 1. The van der Waals surface area contributed by atoms with Crippen molar-refractivity contribution in [1.82, 2.24) is 5.32 Å². The summed E-state index contributed by atoms with van der Waals surface area (Å²) in [4.78, 5) is 25.0. The standard InChI is InChI=1S/C23H21NO5/c1-3-29-23(27)20(24-22(26)16-7-5-4-6-8-16)14-19-18-13-17(28-2)11-9-15(18)10-12-21(19)25/h4-14,25H,3H2,1-2H3,(H,24,26)/b20-14+. The van der Waals surface area contributed by atoms with Gasteiger partial charge in [0.15, 0.2) is 0 Å². The van der Waals surface area contributed by atoms with Gasteiger partial charge in [-0.05, 0) is 54.1 Å². The van der Waals surface area contributed by atoms with Crippen molar-refractivity contribution in [2.75, 3.05) is 13.7 Å². The van der Waals surface area contributed by atoms with Gasteiger partial charge in [-0.25, -0.2) is 4.79 Å². The number of carbonyl (C=O) groups excluding carboxylic acids is 2. The molecule has 29 heavy (non-hydrogen) atoms. The second-order valence-corrected chi connectivity index (χ2v) is 6.18. The van der Waals surface area contributed by atoms with Gasteiger partial charge in [0.05, 0.1) is 13.7 Å². The smallest absolute Gasteiger partial charge is 0.354 e. The van der Waals surface area contributed by atoms with Crippen molar-refractivity contribution in [2.45, 2.75) is 6.92 Å². The molecule has 3 aromatic rings. The monoisotopic (exact) mass is 391 g/mol. The Labute approximate surface area is 168 Å². The van der Waals surface area contributed by atoms with Crippen molar-refractivity contribution < 1.29 is 24.2 Å². The fraction of sp³-hybridized carbons (Fsp3) is 0.130. The van der Waals surface area contributed by atoms with E-state index >= 15 is 0 Å². The van der Waals surface area contributed by atoms with Crippen LogP contribution < -0.4 is 10.1 Å². The maximum Gasteiger partial charge on any atom is 0.354 e. The number of nitrogens with one attached hydrogen (secondary N) is 1. The largest absolute Gasteiger partial charge is 0.507 e. The molecule has 2 N–H and O–H groups in total. The lowest BCUT2D eigenvalue weighted by Gasteiger charge is -2.12. The number of hydrogen-bond donors (Lipinski definition) is 2. The number of carbonyl (C=O) groups is 2. The second kappa shape index (κ2) is 8.93. The molecule has 1 amide bonds. The van der Waals surface area contributed by atoms with Crippen LogP contribution in [0.15, 0.2) is 66.4 Å². The third-order valence-corrected chi connectivity index (χ3v) is 4.32. The van der Waals surface area contributed by atoms with Crippen LogP contribution in [0.2, 0.25) is 0 Å². The summed E-state index contributed by atoms with van der Waals surface area (Å²) in [6.45, 7) is 1.82. The minimum atomic E-state index is -0.698. The zero-order valence-corrected chi connectivity index (χ0v) is 16.1. The number of amides is 1. The average Bonchev–Trinajstić information content (AvgIpc) is 2.75. The van der Waals surface area contributed by atoms with E-state index in [0.29, 0.717) is 22.3 Å². The molecule has 0 fully saturated rings. The lowest BCUT2D eigenvalue weighted by atomic mass is 10.0. The van der Waals surface area contributed by atoms with E-state index < -0.39 is 11.9 Å². The van der Waals surface area contributed by atoms with E-state index in [0.717, 1.165) is 5.39 Å². The third kappa shape index (κ3) is 4.55. The van der Waals surface area contributed by atoms with Crippen molar-refractivity contribution in [1.29, 1.82) is 0 Å². The van der Waals surface area contributed by atoms with Gasteiger partial charge in [0.25, 0.3) is 5.91 Å². The molecular formula is C23H21NO5. The van der Waals surface area contributed by atoms with Crippen LogP contribution in [0.1, 0.15) is 22.8 Å². The van der Waals surface area contributed by atoms with E-state index in [1.807, 2.05) is 6.07 Å². The van der Waals surface area contributed by atoms with E-state index in [9.17, 15) is 14.7 Å². The maximum atomic E-state index is 12.6. The molecule has 3 aromatic carbocycles. The van der Waals surface area contributed by atoms with Gasteiger partial charge in [0.1, 0.15) is 17.2 Å². The summed E-state index contributed by atoms with van der Waals surface area (Å²) in [5.41, 5.74) is 0.690. The number of rotatable bonds is 6. The van der Waals surface area contributed by atoms with Crippen LogP contribution in [0.25, 0.3) is 16.8 Å². The van der Waals surface area contributed by atoms with Gasteiger partial charge >= 0.3 is 5.97 Å². The Bertz CT molecular complexity index is 1070. The van der Waals surface area contributed by atoms with E-state index in [2.05, 4.69) is 5.32 Å². The summed E-state index contributed by atoms with van der Waals surface area (Å²) >= 11 is 0.